The second-order valence-corrected chi connectivity index (χ2v) is 8.75. The molecule has 2 aromatic heterocycles. The van der Waals surface area contributed by atoms with Crippen molar-refractivity contribution in [1.29, 1.82) is 0 Å². The minimum atomic E-state index is -0.256. The summed E-state index contributed by atoms with van der Waals surface area (Å²) in [6, 6.07) is 9.42. The van der Waals surface area contributed by atoms with E-state index in [1.54, 1.807) is 17.8 Å². The Kier molecular flexibility index (Phi) is 4.21. The van der Waals surface area contributed by atoms with E-state index >= 15 is 0 Å². The van der Waals surface area contributed by atoms with Gasteiger partial charge in [0.05, 0.1) is 5.56 Å². The van der Waals surface area contributed by atoms with Gasteiger partial charge in [-0.2, -0.15) is 0 Å². The number of rotatable bonds is 2. The molecule has 7 heteroatoms. The summed E-state index contributed by atoms with van der Waals surface area (Å²) in [5.41, 5.74) is 3.04. The average molecular weight is 398 g/mol. The highest BCUT2D eigenvalue weighted by Crippen LogP contribution is 2.41. The maximum absolute atomic E-state index is 12.9. The fourth-order valence-corrected chi connectivity index (χ4v) is 5.55. The smallest absolute Gasteiger partial charge is 0.292 e. The first-order chi connectivity index (χ1) is 13.2. The van der Waals surface area contributed by atoms with Crippen LogP contribution in [0.3, 0.4) is 0 Å². The highest BCUT2D eigenvalue weighted by molar-refractivity contribution is 7.99. The van der Waals surface area contributed by atoms with Gasteiger partial charge in [-0.25, -0.2) is 4.99 Å². The third kappa shape index (κ3) is 2.95. The number of anilines is 1. The van der Waals surface area contributed by atoms with Crippen LogP contribution in [-0.2, 0) is 12.8 Å². The fraction of sp³-hybridized carbons (Fsp3) is 0.300. The first-order valence-corrected chi connectivity index (χ1v) is 11.2. The minimum Gasteiger partial charge on any atom is -0.451 e. The predicted molar refractivity (Wildman–Crippen MR) is 112 cm³/mol. The number of aryl methyl sites for hydroxylation is 1. The van der Waals surface area contributed by atoms with Crippen LogP contribution in [0.5, 0.6) is 0 Å². The van der Waals surface area contributed by atoms with E-state index in [9.17, 15) is 4.79 Å². The molecule has 1 aliphatic carbocycles. The van der Waals surface area contributed by atoms with Gasteiger partial charge in [0.25, 0.3) is 5.91 Å². The largest absolute Gasteiger partial charge is 0.451 e. The van der Waals surface area contributed by atoms with Crippen molar-refractivity contribution >= 4 is 50.8 Å². The zero-order valence-electron chi connectivity index (χ0n) is 14.9. The zero-order chi connectivity index (χ0) is 18.4. The lowest BCUT2D eigenvalue weighted by Crippen LogP contribution is -2.36. The molecule has 138 valence electrons. The lowest BCUT2D eigenvalue weighted by Gasteiger charge is -2.23. The van der Waals surface area contributed by atoms with Gasteiger partial charge in [0, 0.05) is 10.3 Å². The van der Waals surface area contributed by atoms with Crippen LogP contribution >= 0.6 is 23.1 Å². The van der Waals surface area contributed by atoms with Crippen LogP contribution in [0, 0.1) is 0 Å². The summed E-state index contributed by atoms with van der Waals surface area (Å²) >= 11 is 3.43. The fourth-order valence-electron chi connectivity index (χ4n) is 3.71. The number of hydrogen-bond acceptors (Lipinski definition) is 6. The van der Waals surface area contributed by atoms with Gasteiger partial charge in [0.15, 0.2) is 11.3 Å². The molecule has 1 aromatic carbocycles. The Morgan fingerprint density at radius 3 is 3.04 bits per heavy atom. The van der Waals surface area contributed by atoms with E-state index in [0.717, 1.165) is 28.8 Å². The molecule has 0 bridgehead atoms. The van der Waals surface area contributed by atoms with Crippen LogP contribution in [0.15, 0.2) is 39.7 Å². The number of aliphatic imine (C=N–C) groups is 1. The quantitative estimate of drug-likeness (QED) is 0.662. The number of thiophene rings is 1. The summed E-state index contributed by atoms with van der Waals surface area (Å²) in [6.07, 6.45) is 6.59. The summed E-state index contributed by atoms with van der Waals surface area (Å²) in [5, 5.41) is 8.55. The molecular weight excluding hydrogens is 378 g/mol. The van der Waals surface area contributed by atoms with Gasteiger partial charge < -0.3 is 15.1 Å². The van der Waals surface area contributed by atoms with Crippen LogP contribution in [-0.4, -0.2) is 23.5 Å². The van der Waals surface area contributed by atoms with Crippen molar-refractivity contribution < 1.29 is 9.21 Å². The van der Waals surface area contributed by atoms with Gasteiger partial charge in [-0.3, -0.25) is 4.79 Å². The SMILES string of the molecule is CSC1N=C(NC(=O)c2cc3ccccc3o2)c2c(sc3c2CCCC3)N1. The molecule has 1 aliphatic heterocycles. The van der Waals surface area contributed by atoms with Crippen molar-refractivity contribution in [3.8, 4) is 0 Å². The molecule has 2 aliphatic rings. The third-order valence-corrected chi connectivity index (χ3v) is 6.91. The van der Waals surface area contributed by atoms with Crippen LogP contribution < -0.4 is 10.6 Å². The Balaban J connectivity index is 1.50. The summed E-state index contributed by atoms with van der Waals surface area (Å²) in [7, 11) is 0. The Morgan fingerprint density at radius 1 is 1.33 bits per heavy atom. The molecule has 0 fully saturated rings. The maximum Gasteiger partial charge on any atom is 0.292 e. The molecule has 1 amide bonds. The summed E-state index contributed by atoms with van der Waals surface area (Å²) in [6.45, 7) is 0. The zero-order valence-corrected chi connectivity index (χ0v) is 16.5. The molecule has 0 saturated heterocycles. The Labute approximate surface area is 165 Å². The number of benzene rings is 1. The highest BCUT2D eigenvalue weighted by atomic mass is 32.2. The molecule has 3 heterocycles. The van der Waals surface area contributed by atoms with Gasteiger partial charge in [-0.05, 0) is 49.6 Å². The predicted octanol–water partition coefficient (Wildman–Crippen LogP) is 4.62. The number of amides is 1. The third-order valence-electron chi connectivity index (χ3n) is 5.01. The molecule has 0 spiro atoms. The molecule has 5 rings (SSSR count). The van der Waals surface area contributed by atoms with E-state index < -0.39 is 0 Å². The first kappa shape index (κ1) is 16.9. The minimum absolute atomic E-state index is 0.0939. The van der Waals surface area contributed by atoms with E-state index in [2.05, 4.69) is 10.6 Å². The van der Waals surface area contributed by atoms with E-state index in [4.69, 9.17) is 9.41 Å². The summed E-state index contributed by atoms with van der Waals surface area (Å²) < 4.78 is 5.72. The Hall–Kier alpha value is -2.25. The van der Waals surface area contributed by atoms with Crippen molar-refractivity contribution in [1.82, 2.24) is 5.32 Å². The monoisotopic (exact) mass is 397 g/mol. The van der Waals surface area contributed by atoms with Crippen LogP contribution in [0.4, 0.5) is 5.00 Å². The number of thioether (sulfide) groups is 1. The number of hydrogen-bond donors (Lipinski definition) is 2. The number of para-hydroxylation sites is 1. The lowest BCUT2D eigenvalue weighted by molar-refractivity contribution is 0.0952. The number of furan rings is 1. The molecule has 2 N–H and O–H groups in total. The van der Waals surface area contributed by atoms with Gasteiger partial charge in [-0.15, -0.1) is 23.1 Å². The second-order valence-electron chi connectivity index (χ2n) is 6.73. The summed E-state index contributed by atoms with van der Waals surface area (Å²) in [4.78, 5) is 19.0. The van der Waals surface area contributed by atoms with E-state index in [1.807, 2.05) is 41.9 Å². The van der Waals surface area contributed by atoms with Gasteiger partial charge in [-0.1, -0.05) is 18.2 Å². The van der Waals surface area contributed by atoms with Crippen LogP contribution in [0.2, 0.25) is 0 Å². The van der Waals surface area contributed by atoms with Crippen molar-refractivity contribution in [2.24, 2.45) is 4.99 Å². The van der Waals surface area contributed by atoms with Gasteiger partial charge in [0.1, 0.15) is 16.4 Å². The normalized spacial score (nSPS) is 18.4. The van der Waals surface area contributed by atoms with E-state index in [-0.39, 0.29) is 11.4 Å². The molecule has 1 unspecified atom stereocenters. The van der Waals surface area contributed by atoms with Gasteiger partial charge >= 0.3 is 0 Å². The molecule has 3 aromatic rings. The molecule has 27 heavy (non-hydrogen) atoms. The van der Waals surface area contributed by atoms with Crippen molar-refractivity contribution in [3.05, 3.63) is 52.1 Å². The standard InChI is InChI=1S/C20H19N3O2S2/c1-26-20-22-17(16-12-7-3-5-9-15(12)27-19(16)23-20)21-18(24)14-10-11-6-2-4-8-13(11)25-14/h2,4,6,8,10,20,23H,3,5,7,9H2,1H3,(H,21,22,24). The van der Waals surface area contributed by atoms with Crippen molar-refractivity contribution in [2.45, 2.75) is 31.2 Å². The Morgan fingerprint density at radius 2 is 2.19 bits per heavy atom. The van der Waals surface area contributed by atoms with Crippen LogP contribution in [0.1, 0.15) is 39.4 Å². The maximum atomic E-state index is 12.9. The number of nitrogens with one attached hydrogen (secondary N) is 2. The topological polar surface area (TPSA) is 66.6 Å². The first-order valence-electron chi connectivity index (χ1n) is 9.05. The van der Waals surface area contributed by atoms with Crippen LogP contribution in [0.25, 0.3) is 11.0 Å². The number of carbonyl (C=O) groups is 1. The molecule has 5 nitrogen and oxygen atoms in total. The Bertz CT molecular complexity index is 1030. The molecular formula is C20H19N3O2S2. The van der Waals surface area contributed by atoms with E-state index in [0.29, 0.717) is 17.2 Å². The number of fused-ring (bicyclic) bond motifs is 4. The van der Waals surface area contributed by atoms with E-state index in [1.165, 1.54) is 23.3 Å². The van der Waals surface area contributed by atoms with Crippen molar-refractivity contribution in [3.63, 3.8) is 0 Å². The number of amidine groups is 1. The average Bonchev–Trinajstić information content (AvgIpc) is 3.29. The second kappa shape index (κ2) is 6.73. The molecule has 0 radical (unpaired) electrons. The van der Waals surface area contributed by atoms with Crippen molar-refractivity contribution in [2.75, 3.05) is 11.6 Å². The number of carbonyl (C=O) groups excluding carboxylic acids is 1. The highest BCUT2D eigenvalue weighted by Gasteiger charge is 2.30. The lowest BCUT2D eigenvalue weighted by atomic mass is 9.94. The molecule has 1 atom stereocenters. The number of nitrogens with zero attached hydrogens (tertiary/aromatic N) is 1. The molecule has 0 saturated carbocycles. The summed E-state index contributed by atoms with van der Waals surface area (Å²) in [5.74, 6) is 0.713. The van der Waals surface area contributed by atoms with Gasteiger partial charge in [0.2, 0.25) is 0 Å².